The van der Waals surface area contributed by atoms with Crippen molar-refractivity contribution < 1.29 is 4.74 Å². The van der Waals surface area contributed by atoms with E-state index in [1.807, 2.05) is 18.4 Å². The number of rotatable bonds is 8. The van der Waals surface area contributed by atoms with Gasteiger partial charge in [0.2, 0.25) is 0 Å². The minimum Gasteiger partial charge on any atom is -0.498 e. The SMILES string of the molecule is CCCCCC/C=C/OC1CCC(c2ccc(C#N)cc2)CC1. The van der Waals surface area contributed by atoms with Gasteiger partial charge in [-0.1, -0.05) is 38.3 Å². The molecule has 1 saturated carbocycles. The fraction of sp³-hybridized carbons (Fsp3) is 0.571. The summed E-state index contributed by atoms with van der Waals surface area (Å²) in [5.41, 5.74) is 2.11. The van der Waals surface area contributed by atoms with Crippen LogP contribution in [0, 0.1) is 11.3 Å². The number of unbranched alkanes of at least 4 members (excludes halogenated alkanes) is 4. The molecule has 23 heavy (non-hydrogen) atoms. The van der Waals surface area contributed by atoms with Crippen LogP contribution in [0.3, 0.4) is 0 Å². The second-order valence-corrected chi connectivity index (χ2v) is 6.56. The van der Waals surface area contributed by atoms with Gasteiger partial charge in [-0.25, -0.2) is 0 Å². The molecule has 1 fully saturated rings. The Kier molecular flexibility index (Phi) is 7.73. The quantitative estimate of drug-likeness (QED) is 0.430. The Hall–Kier alpha value is -1.75. The number of benzene rings is 1. The molecule has 0 heterocycles. The van der Waals surface area contributed by atoms with Crippen molar-refractivity contribution in [3.63, 3.8) is 0 Å². The average molecular weight is 311 g/mol. The van der Waals surface area contributed by atoms with Crippen LogP contribution in [0.4, 0.5) is 0 Å². The van der Waals surface area contributed by atoms with Gasteiger partial charge in [-0.2, -0.15) is 5.26 Å². The monoisotopic (exact) mass is 311 g/mol. The average Bonchev–Trinajstić information content (AvgIpc) is 2.61. The molecular weight excluding hydrogens is 282 g/mol. The maximum atomic E-state index is 8.86. The molecule has 0 N–H and O–H groups in total. The van der Waals surface area contributed by atoms with Crippen LogP contribution in [-0.4, -0.2) is 6.10 Å². The molecule has 2 rings (SSSR count). The van der Waals surface area contributed by atoms with Crippen LogP contribution in [0.25, 0.3) is 0 Å². The highest BCUT2D eigenvalue weighted by atomic mass is 16.5. The van der Waals surface area contributed by atoms with Crippen molar-refractivity contribution in [3.05, 3.63) is 47.7 Å². The van der Waals surface area contributed by atoms with Crippen molar-refractivity contribution in [2.24, 2.45) is 0 Å². The van der Waals surface area contributed by atoms with E-state index in [1.54, 1.807) is 0 Å². The van der Waals surface area contributed by atoms with Gasteiger partial charge in [0, 0.05) is 0 Å². The lowest BCUT2D eigenvalue weighted by atomic mass is 9.82. The van der Waals surface area contributed by atoms with Crippen molar-refractivity contribution in [3.8, 4) is 6.07 Å². The highest BCUT2D eigenvalue weighted by Crippen LogP contribution is 2.34. The van der Waals surface area contributed by atoms with Crippen molar-refractivity contribution in [1.82, 2.24) is 0 Å². The van der Waals surface area contributed by atoms with Gasteiger partial charge in [-0.3, -0.25) is 0 Å². The maximum Gasteiger partial charge on any atom is 0.0991 e. The molecule has 1 aliphatic rings. The Morgan fingerprint density at radius 2 is 1.83 bits per heavy atom. The Labute approximate surface area is 141 Å². The Balaban J connectivity index is 1.65. The number of ether oxygens (including phenoxy) is 1. The lowest BCUT2D eigenvalue weighted by Gasteiger charge is -2.28. The topological polar surface area (TPSA) is 33.0 Å². The smallest absolute Gasteiger partial charge is 0.0991 e. The summed E-state index contributed by atoms with van der Waals surface area (Å²) in [6.45, 7) is 2.24. The maximum absolute atomic E-state index is 8.86. The summed E-state index contributed by atoms with van der Waals surface area (Å²) in [6, 6.07) is 10.3. The predicted molar refractivity (Wildman–Crippen MR) is 95.1 cm³/mol. The molecule has 2 heteroatoms. The summed E-state index contributed by atoms with van der Waals surface area (Å²) in [5.74, 6) is 0.626. The van der Waals surface area contributed by atoms with Crippen LogP contribution in [0.5, 0.6) is 0 Å². The van der Waals surface area contributed by atoms with E-state index in [2.05, 4.69) is 31.2 Å². The predicted octanol–water partition coefficient (Wildman–Crippen LogP) is 6.09. The van der Waals surface area contributed by atoms with Crippen LogP contribution in [0.1, 0.15) is 81.8 Å². The molecule has 0 aromatic heterocycles. The lowest BCUT2D eigenvalue weighted by Crippen LogP contribution is -2.19. The van der Waals surface area contributed by atoms with Crippen LogP contribution < -0.4 is 0 Å². The summed E-state index contributed by atoms with van der Waals surface area (Å²) in [6.07, 6.45) is 15.5. The standard InChI is InChI=1S/C21H29NO/c1-2-3-4-5-6-7-16-23-21-14-12-20(13-15-21)19-10-8-18(17-22)9-11-19/h7-11,16,20-21H,2-6,12-15H2,1H3/b16-7+. The van der Waals surface area contributed by atoms with Gasteiger partial charge in [0.1, 0.15) is 0 Å². The zero-order chi connectivity index (χ0) is 16.3. The van der Waals surface area contributed by atoms with Crippen molar-refractivity contribution >= 4 is 0 Å². The molecular formula is C21H29NO. The van der Waals surface area contributed by atoms with Gasteiger partial charge >= 0.3 is 0 Å². The number of hydrogen-bond donors (Lipinski definition) is 0. The van der Waals surface area contributed by atoms with Crippen LogP contribution in [0.15, 0.2) is 36.6 Å². The Morgan fingerprint density at radius 1 is 1.09 bits per heavy atom. The molecule has 0 unspecified atom stereocenters. The van der Waals surface area contributed by atoms with Gasteiger partial charge < -0.3 is 4.74 Å². The largest absolute Gasteiger partial charge is 0.498 e. The van der Waals surface area contributed by atoms with Crippen LogP contribution >= 0.6 is 0 Å². The molecule has 1 aliphatic carbocycles. The number of nitrogens with zero attached hydrogens (tertiary/aromatic N) is 1. The van der Waals surface area contributed by atoms with Crippen molar-refractivity contribution in [2.45, 2.75) is 76.7 Å². The minimum atomic E-state index is 0.386. The second kappa shape index (κ2) is 10.1. The number of nitriles is 1. The van der Waals surface area contributed by atoms with E-state index in [-0.39, 0.29) is 0 Å². The lowest BCUT2D eigenvalue weighted by molar-refractivity contribution is 0.0991. The zero-order valence-corrected chi connectivity index (χ0v) is 14.3. The highest BCUT2D eigenvalue weighted by molar-refractivity contribution is 5.33. The number of hydrogen-bond acceptors (Lipinski definition) is 2. The highest BCUT2D eigenvalue weighted by Gasteiger charge is 2.22. The first kappa shape index (κ1) is 17.6. The van der Waals surface area contributed by atoms with Gasteiger partial charge in [0.25, 0.3) is 0 Å². The number of allylic oxidation sites excluding steroid dienone is 1. The fourth-order valence-electron chi connectivity index (χ4n) is 3.29. The first-order valence-electron chi connectivity index (χ1n) is 9.14. The zero-order valence-electron chi connectivity index (χ0n) is 14.3. The third-order valence-corrected chi connectivity index (χ3v) is 4.78. The van der Waals surface area contributed by atoms with E-state index < -0.39 is 0 Å². The summed E-state index contributed by atoms with van der Waals surface area (Å²) in [5, 5.41) is 8.86. The summed E-state index contributed by atoms with van der Waals surface area (Å²) >= 11 is 0. The molecule has 0 aliphatic heterocycles. The van der Waals surface area contributed by atoms with E-state index >= 15 is 0 Å². The van der Waals surface area contributed by atoms with Crippen LogP contribution in [-0.2, 0) is 4.74 Å². The van der Waals surface area contributed by atoms with Crippen LogP contribution in [0.2, 0.25) is 0 Å². The van der Waals surface area contributed by atoms with Gasteiger partial charge in [-0.05, 0) is 68.2 Å². The van der Waals surface area contributed by atoms with Gasteiger partial charge in [0.05, 0.1) is 24.0 Å². The van der Waals surface area contributed by atoms with E-state index in [9.17, 15) is 0 Å². The van der Waals surface area contributed by atoms with E-state index in [4.69, 9.17) is 10.00 Å². The van der Waals surface area contributed by atoms with Gasteiger partial charge in [-0.15, -0.1) is 0 Å². The molecule has 0 atom stereocenters. The second-order valence-electron chi connectivity index (χ2n) is 6.56. The molecule has 1 aromatic carbocycles. The van der Waals surface area contributed by atoms with Crippen molar-refractivity contribution in [1.29, 1.82) is 5.26 Å². The molecule has 2 nitrogen and oxygen atoms in total. The van der Waals surface area contributed by atoms with Crippen molar-refractivity contribution in [2.75, 3.05) is 0 Å². The molecule has 0 amide bonds. The third kappa shape index (κ3) is 6.10. The van der Waals surface area contributed by atoms with Gasteiger partial charge in [0.15, 0.2) is 0 Å². The van der Waals surface area contributed by atoms with E-state index in [0.717, 1.165) is 24.8 Å². The summed E-state index contributed by atoms with van der Waals surface area (Å²) in [7, 11) is 0. The third-order valence-electron chi connectivity index (χ3n) is 4.78. The van der Waals surface area contributed by atoms with E-state index in [1.165, 1.54) is 44.1 Å². The van der Waals surface area contributed by atoms with E-state index in [0.29, 0.717) is 12.0 Å². The molecule has 0 bridgehead atoms. The molecule has 0 saturated heterocycles. The summed E-state index contributed by atoms with van der Waals surface area (Å²) < 4.78 is 5.89. The molecule has 124 valence electrons. The normalized spacial score (nSPS) is 21.2. The molecule has 0 radical (unpaired) electrons. The molecule has 0 spiro atoms. The molecule has 1 aromatic rings. The minimum absolute atomic E-state index is 0.386. The first-order valence-corrected chi connectivity index (χ1v) is 9.14. The first-order chi connectivity index (χ1) is 11.3. The Bertz CT molecular complexity index is 504. The Morgan fingerprint density at radius 3 is 2.48 bits per heavy atom. The fourth-order valence-corrected chi connectivity index (χ4v) is 3.29. The summed E-state index contributed by atoms with van der Waals surface area (Å²) in [4.78, 5) is 0.